The van der Waals surface area contributed by atoms with Crippen molar-refractivity contribution < 1.29 is 4.79 Å². The van der Waals surface area contributed by atoms with E-state index < -0.39 is 0 Å². The van der Waals surface area contributed by atoms with Crippen LogP contribution in [0.4, 0.5) is 11.6 Å². The number of imidazole rings is 1. The van der Waals surface area contributed by atoms with Crippen molar-refractivity contribution in [3.05, 3.63) is 42.5 Å². The number of hydrogen-bond acceptors (Lipinski definition) is 6. The lowest BCUT2D eigenvalue weighted by Crippen LogP contribution is -2.50. The zero-order valence-corrected chi connectivity index (χ0v) is 17.4. The molecule has 1 amide bonds. The normalized spacial score (nSPS) is 17.2. The van der Waals surface area contributed by atoms with Gasteiger partial charge < -0.3 is 19.3 Å². The molecule has 2 aromatic heterocycles. The number of para-hydroxylation sites is 2. The van der Waals surface area contributed by atoms with Crippen LogP contribution in [-0.2, 0) is 11.3 Å². The van der Waals surface area contributed by atoms with Crippen LogP contribution >= 0.6 is 0 Å². The number of fused-ring (bicyclic) bond motifs is 1. The molecule has 0 atom stereocenters. The Morgan fingerprint density at radius 1 is 0.933 bits per heavy atom. The highest BCUT2D eigenvalue weighted by molar-refractivity contribution is 5.80. The molecular weight excluding hydrogens is 378 g/mol. The lowest BCUT2D eigenvalue weighted by atomic mass is 10.3. The molecule has 4 heterocycles. The predicted octanol–water partition coefficient (Wildman–Crippen LogP) is 2.08. The third-order valence-electron chi connectivity index (χ3n) is 6.03. The number of hydrogen-bond donors (Lipinski definition) is 0. The van der Waals surface area contributed by atoms with Crippen LogP contribution in [-0.4, -0.2) is 69.6 Å². The Bertz CT molecular complexity index is 1050. The number of carbonyl (C=O) groups excluding carboxylic acids is 1. The van der Waals surface area contributed by atoms with Crippen molar-refractivity contribution in [3.8, 4) is 0 Å². The Morgan fingerprint density at radius 3 is 2.33 bits per heavy atom. The van der Waals surface area contributed by atoms with Gasteiger partial charge in [0.2, 0.25) is 5.91 Å². The fourth-order valence-corrected chi connectivity index (χ4v) is 4.37. The van der Waals surface area contributed by atoms with Crippen LogP contribution in [0.2, 0.25) is 0 Å². The van der Waals surface area contributed by atoms with Crippen molar-refractivity contribution in [1.82, 2.24) is 24.4 Å². The molecule has 0 aliphatic carbocycles. The van der Waals surface area contributed by atoms with Crippen LogP contribution in [0.1, 0.15) is 18.7 Å². The third kappa shape index (κ3) is 3.69. The summed E-state index contributed by atoms with van der Waals surface area (Å²) in [6, 6.07) is 10.0. The summed E-state index contributed by atoms with van der Waals surface area (Å²) in [4.78, 5) is 33.1. The average molecular weight is 406 g/mol. The number of carbonyl (C=O) groups is 1. The standard InChI is InChI=1S/C22H27N7O/c1-17-24-20(26-8-4-5-9-26)14-21(25-17)27-10-12-28(13-11-27)22(30)15-29-16-23-18-6-2-3-7-19(18)29/h2-3,6-7,14,16H,4-5,8-13,15H2,1H3. The van der Waals surface area contributed by atoms with Gasteiger partial charge in [0.15, 0.2) is 0 Å². The minimum absolute atomic E-state index is 0.134. The molecule has 1 aromatic carbocycles. The van der Waals surface area contributed by atoms with Crippen molar-refractivity contribution in [3.63, 3.8) is 0 Å². The van der Waals surface area contributed by atoms with E-state index in [4.69, 9.17) is 0 Å². The molecule has 0 N–H and O–H groups in total. The fourth-order valence-electron chi connectivity index (χ4n) is 4.37. The van der Waals surface area contributed by atoms with Crippen LogP contribution in [0, 0.1) is 6.92 Å². The molecule has 0 unspecified atom stereocenters. The summed E-state index contributed by atoms with van der Waals surface area (Å²) in [6.07, 6.45) is 4.21. The Morgan fingerprint density at radius 2 is 1.60 bits per heavy atom. The third-order valence-corrected chi connectivity index (χ3v) is 6.03. The maximum Gasteiger partial charge on any atom is 0.242 e. The van der Waals surface area contributed by atoms with Gasteiger partial charge in [-0.3, -0.25) is 4.79 Å². The zero-order chi connectivity index (χ0) is 20.5. The van der Waals surface area contributed by atoms with Gasteiger partial charge in [-0.25, -0.2) is 15.0 Å². The van der Waals surface area contributed by atoms with Gasteiger partial charge in [-0.15, -0.1) is 0 Å². The van der Waals surface area contributed by atoms with Gasteiger partial charge in [-0.05, 0) is 31.9 Å². The molecule has 0 radical (unpaired) electrons. The summed E-state index contributed by atoms with van der Waals surface area (Å²) >= 11 is 0. The summed E-state index contributed by atoms with van der Waals surface area (Å²) in [5.74, 6) is 2.94. The second-order valence-corrected chi connectivity index (χ2v) is 8.05. The van der Waals surface area contributed by atoms with E-state index >= 15 is 0 Å². The van der Waals surface area contributed by atoms with Crippen LogP contribution < -0.4 is 9.80 Å². The van der Waals surface area contributed by atoms with E-state index in [1.807, 2.05) is 40.7 Å². The van der Waals surface area contributed by atoms with Gasteiger partial charge in [-0.1, -0.05) is 12.1 Å². The van der Waals surface area contributed by atoms with Crippen LogP contribution in [0.15, 0.2) is 36.7 Å². The first-order valence-corrected chi connectivity index (χ1v) is 10.7. The van der Waals surface area contributed by atoms with E-state index in [1.165, 1.54) is 12.8 Å². The zero-order valence-electron chi connectivity index (χ0n) is 17.4. The first kappa shape index (κ1) is 18.8. The van der Waals surface area contributed by atoms with E-state index in [-0.39, 0.29) is 5.91 Å². The minimum atomic E-state index is 0.134. The van der Waals surface area contributed by atoms with Crippen molar-refractivity contribution in [2.45, 2.75) is 26.3 Å². The van der Waals surface area contributed by atoms with E-state index in [0.717, 1.165) is 54.7 Å². The van der Waals surface area contributed by atoms with Crippen LogP contribution in [0.25, 0.3) is 11.0 Å². The van der Waals surface area contributed by atoms with Crippen molar-refractivity contribution >= 4 is 28.6 Å². The lowest BCUT2D eigenvalue weighted by molar-refractivity contribution is -0.132. The predicted molar refractivity (Wildman–Crippen MR) is 117 cm³/mol. The quantitative estimate of drug-likeness (QED) is 0.662. The molecular formula is C22H27N7O. The van der Waals surface area contributed by atoms with Gasteiger partial charge >= 0.3 is 0 Å². The average Bonchev–Trinajstić information content (AvgIpc) is 3.44. The molecule has 0 bridgehead atoms. The number of aryl methyl sites for hydroxylation is 1. The maximum atomic E-state index is 12.9. The smallest absolute Gasteiger partial charge is 0.242 e. The number of piperazine rings is 1. The molecule has 3 aromatic rings. The topological polar surface area (TPSA) is 70.4 Å². The number of benzene rings is 1. The van der Waals surface area contributed by atoms with Gasteiger partial charge in [0.1, 0.15) is 24.0 Å². The van der Waals surface area contributed by atoms with E-state index in [9.17, 15) is 4.79 Å². The first-order chi connectivity index (χ1) is 14.7. The lowest BCUT2D eigenvalue weighted by Gasteiger charge is -2.36. The number of nitrogens with zero attached hydrogens (tertiary/aromatic N) is 7. The molecule has 2 saturated heterocycles. The summed E-state index contributed by atoms with van der Waals surface area (Å²) < 4.78 is 1.93. The molecule has 0 spiro atoms. The second kappa shape index (κ2) is 7.93. The Labute approximate surface area is 176 Å². The van der Waals surface area contributed by atoms with E-state index in [0.29, 0.717) is 19.6 Å². The second-order valence-electron chi connectivity index (χ2n) is 8.05. The van der Waals surface area contributed by atoms with Gasteiger partial charge in [0.05, 0.1) is 17.4 Å². The molecule has 2 fully saturated rings. The molecule has 5 rings (SSSR count). The van der Waals surface area contributed by atoms with Crippen molar-refractivity contribution in [1.29, 1.82) is 0 Å². The van der Waals surface area contributed by atoms with Crippen LogP contribution in [0.3, 0.4) is 0 Å². The van der Waals surface area contributed by atoms with E-state index in [2.05, 4.69) is 30.8 Å². The molecule has 8 heteroatoms. The highest BCUT2D eigenvalue weighted by Gasteiger charge is 2.24. The summed E-state index contributed by atoms with van der Waals surface area (Å²) in [7, 11) is 0. The molecule has 0 saturated carbocycles. The Hall–Kier alpha value is -3.16. The highest BCUT2D eigenvalue weighted by Crippen LogP contribution is 2.23. The highest BCUT2D eigenvalue weighted by atomic mass is 16.2. The summed E-state index contributed by atoms with van der Waals surface area (Å²) in [5.41, 5.74) is 1.92. The Balaban J connectivity index is 1.23. The van der Waals surface area contributed by atoms with Crippen molar-refractivity contribution in [2.75, 3.05) is 49.1 Å². The summed E-state index contributed by atoms with van der Waals surface area (Å²) in [6.45, 7) is 7.40. The number of anilines is 2. The first-order valence-electron chi connectivity index (χ1n) is 10.7. The molecule has 2 aliphatic rings. The van der Waals surface area contributed by atoms with Gasteiger partial charge in [0, 0.05) is 45.3 Å². The fraction of sp³-hybridized carbons (Fsp3) is 0.455. The molecule has 2 aliphatic heterocycles. The largest absolute Gasteiger partial charge is 0.356 e. The SMILES string of the molecule is Cc1nc(N2CCCC2)cc(N2CCN(C(=O)Cn3cnc4ccccc43)CC2)n1. The minimum Gasteiger partial charge on any atom is -0.356 e. The molecule has 8 nitrogen and oxygen atoms in total. The Kier molecular flexibility index (Phi) is 4.98. The van der Waals surface area contributed by atoms with Gasteiger partial charge in [0.25, 0.3) is 0 Å². The number of aromatic nitrogens is 4. The number of amides is 1. The van der Waals surface area contributed by atoms with Gasteiger partial charge in [-0.2, -0.15) is 0 Å². The monoisotopic (exact) mass is 405 g/mol. The summed E-state index contributed by atoms with van der Waals surface area (Å²) in [5, 5.41) is 0. The maximum absolute atomic E-state index is 12.9. The van der Waals surface area contributed by atoms with E-state index in [1.54, 1.807) is 6.33 Å². The van der Waals surface area contributed by atoms with Crippen molar-refractivity contribution in [2.24, 2.45) is 0 Å². The molecule has 30 heavy (non-hydrogen) atoms. The number of rotatable bonds is 4. The molecule has 156 valence electrons. The van der Waals surface area contributed by atoms with Crippen LogP contribution in [0.5, 0.6) is 0 Å².